The van der Waals surface area contributed by atoms with Crippen LogP contribution in [0.25, 0.3) is 0 Å². The second-order valence-electron chi connectivity index (χ2n) is 9.26. The molecule has 0 saturated heterocycles. The molecule has 5 nitrogen and oxygen atoms in total. The van der Waals surface area contributed by atoms with Gasteiger partial charge < -0.3 is 5.32 Å². The van der Waals surface area contributed by atoms with Gasteiger partial charge in [-0.1, -0.05) is 50.0 Å². The molecule has 170 valence electrons. The summed E-state index contributed by atoms with van der Waals surface area (Å²) in [6.45, 7) is 13.2. The second-order valence-corrected chi connectivity index (χ2v) is 11.7. The van der Waals surface area contributed by atoms with Crippen LogP contribution in [-0.2, 0) is 14.8 Å². The first-order chi connectivity index (χ1) is 14.4. The first-order valence-electron chi connectivity index (χ1n) is 10.9. The van der Waals surface area contributed by atoms with Gasteiger partial charge in [0, 0.05) is 17.3 Å². The lowest BCUT2D eigenvalue weighted by Gasteiger charge is -2.24. The topological polar surface area (TPSA) is 75.3 Å². The minimum Gasteiger partial charge on any atom is -0.323 e. The molecule has 0 radical (unpaired) electrons. The van der Waals surface area contributed by atoms with Gasteiger partial charge in [-0.05, 0) is 76.5 Å². The number of sulfonamides is 1. The first-order valence-corrected chi connectivity index (χ1v) is 12.4. The predicted octanol–water partition coefficient (Wildman–Crippen LogP) is 4.84. The summed E-state index contributed by atoms with van der Waals surface area (Å²) in [7, 11) is -3.45. The maximum Gasteiger partial charge on any atom is 0.255 e. The molecule has 2 unspecified atom stereocenters. The lowest BCUT2D eigenvalue weighted by atomic mass is 9.87. The van der Waals surface area contributed by atoms with E-state index in [2.05, 4.69) is 35.7 Å². The Labute approximate surface area is 187 Å². The molecule has 2 aliphatic carbocycles. The van der Waals surface area contributed by atoms with Gasteiger partial charge in [0.15, 0.2) is 0 Å². The van der Waals surface area contributed by atoms with Gasteiger partial charge in [-0.2, -0.15) is 0 Å². The molecule has 0 spiro atoms. The molecule has 2 N–H and O–H groups in total. The summed E-state index contributed by atoms with van der Waals surface area (Å²) in [6, 6.07) is -0.354. The Balaban J connectivity index is 1.91. The molecule has 2 atom stereocenters. The quantitative estimate of drug-likeness (QED) is 0.552. The lowest BCUT2D eigenvalue weighted by molar-refractivity contribution is -0.116. The Morgan fingerprint density at radius 3 is 2.42 bits per heavy atom. The first kappa shape index (κ1) is 25.1. The van der Waals surface area contributed by atoms with Crippen LogP contribution in [0.4, 0.5) is 0 Å². The Bertz CT molecular complexity index is 957. The Kier molecular flexibility index (Phi) is 8.43. The van der Waals surface area contributed by atoms with Crippen LogP contribution < -0.4 is 10.0 Å². The number of hydrogen-bond acceptors (Lipinski definition) is 3. The van der Waals surface area contributed by atoms with Crippen molar-refractivity contribution in [1.82, 2.24) is 10.0 Å². The van der Waals surface area contributed by atoms with Crippen LogP contribution in [0.15, 0.2) is 71.5 Å². The molecule has 0 aromatic rings. The van der Waals surface area contributed by atoms with E-state index in [9.17, 15) is 13.2 Å². The number of carbonyl (C=O) groups is 1. The number of amides is 1. The summed E-state index contributed by atoms with van der Waals surface area (Å²) in [4.78, 5) is 12.5. The zero-order valence-corrected chi connectivity index (χ0v) is 20.2. The summed E-state index contributed by atoms with van der Waals surface area (Å²) in [5.74, 6) is 0.482. The van der Waals surface area contributed by atoms with Crippen molar-refractivity contribution in [2.75, 3.05) is 0 Å². The highest BCUT2D eigenvalue weighted by Crippen LogP contribution is 2.28. The highest BCUT2D eigenvalue weighted by Gasteiger charge is 2.31. The van der Waals surface area contributed by atoms with E-state index in [0.29, 0.717) is 17.7 Å². The summed E-state index contributed by atoms with van der Waals surface area (Å²) >= 11 is 0. The molecule has 0 saturated carbocycles. The fourth-order valence-electron chi connectivity index (χ4n) is 3.32. The van der Waals surface area contributed by atoms with Crippen molar-refractivity contribution < 1.29 is 13.2 Å². The van der Waals surface area contributed by atoms with Gasteiger partial charge in [-0.3, -0.25) is 4.79 Å². The third-order valence-electron chi connectivity index (χ3n) is 5.57. The van der Waals surface area contributed by atoms with Crippen LogP contribution in [0.5, 0.6) is 0 Å². The van der Waals surface area contributed by atoms with E-state index in [1.807, 2.05) is 19.1 Å². The van der Waals surface area contributed by atoms with Gasteiger partial charge in [0.05, 0.1) is 4.75 Å². The molecule has 0 fully saturated rings. The largest absolute Gasteiger partial charge is 0.323 e. The van der Waals surface area contributed by atoms with E-state index in [-0.39, 0.29) is 11.9 Å². The number of carbonyl (C=O) groups excluding carboxylic acids is 1. The molecule has 2 rings (SSSR count). The van der Waals surface area contributed by atoms with E-state index in [0.717, 1.165) is 24.3 Å². The number of hydrogen-bond donors (Lipinski definition) is 2. The van der Waals surface area contributed by atoms with E-state index >= 15 is 0 Å². The molecule has 2 aliphatic rings. The van der Waals surface area contributed by atoms with Gasteiger partial charge in [-0.25, -0.2) is 13.1 Å². The summed E-state index contributed by atoms with van der Waals surface area (Å²) in [5, 5.41) is 2.80. The van der Waals surface area contributed by atoms with Gasteiger partial charge in [-0.15, -0.1) is 0 Å². The van der Waals surface area contributed by atoms with Crippen molar-refractivity contribution in [2.45, 2.75) is 71.1 Å². The van der Waals surface area contributed by atoms with Crippen LogP contribution in [0.3, 0.4) is 0 Å². The molecular weight excluding hydrogens is 408 g/mol. The van der Waals surface area contributed by atoms with Crippen LogP contribution in [0.2, 0.25) is 0 Å². The standard InChI is InChI=1S/C25H36N2O3S/c1-7-20(21-11-8-18(2)9-12-21)13-10-19(3)26-24(28)22-14-16-23(17-15-22)27-31(29,30)25(4,5)6/h7,10-11,13-16,18,23,27H,3,8-9,12,17H2,1-2,4-6H3,(H,26,28)/b13-10-,20-7+. The van der Waals surface area contributed by atoms with Crippen molar-refractivity contribution in [3.05, 3.63) is 71.5 Å². The Morgan fingerprint density at radius 2 is 1.90 bits per heavy atom. The molecule has 1 amide bonds. The highest BCUT2D eigenvalue weighted by molar-refractivity contribution is 7.90. The van der Waals surface area contributed by atoms with Crippen molar-refractivity contribution >= 4 is 15.9 Å². The highest BCUT2D eigenvalue weighted by atomic mass is 32.2. The number of allylic oxidation sites excluding steroid dienone is 6. The monoisotopic (exact) mass is 444 g/mol. The number of rotatable bonds is 7. The molecule has 0 bridgehead atoms. The van der Waals surface area contributed by atoms with Gasteiger partial charge >= 0.3 is 0 Å². The third-order valence-corrected chi connectivity index (χ3v) is 7.79. The summed E-state index contributed by atoms with van der Waals surface area (Å²) in [6.07, 6.45) is 17.1. The molecule has 31 heavy (non-hydrogen) atoms. The van der Waals surface area contributed by atoms with E-state index in [4.69, 9.17) is 0 Å². The van der Waals surface area contributed by atoms with Crippen LogP contribution in [-0.4, -0.2) is 25.1 Å². The molecular formula is C25H36N2O3S. The van der Waals surface area contributed by atoms with E-state index in [1.54, 1.807) is 39.0 Å². The van der Waals surface area contributed by atoms with Crippen LogP contribution >= 0.6 is 0 Å². The summed E-state index contributed by atoms with van der Waals surface area (Å²) < 4.78 is 26.4. The van der Waals surface area contributed by atoms with Crippen LogP contribution in [0, 0.1) is 5.92 Å². The zero-order chi connectivity index (χ0) is 23.2. The average molecular weight is 445 g/mol. The van der Waals surface area contributed by atoms with Gasteiger partial charge in [0.25, 0.3) is 5.91 Å². The molecule has 0 aromatic heterocycles. The smallest absolute Gasteiger partial charge is 0.255 e. The lowest BCUT2D eigenvalue weighted by Crippen LogP contribution is -2.44. The molecule has 6 heteroatoms. The van der Waals surface area contributed by atoms with Crippen molar-refractivity contribution in [2.24, 2.45) is 5.92 Å². The van der Waals surface area contributed by atoms with Crippen molar-refractivity contribution in [3.63, 3.8) is 0 Å². The fraction of sp³-hybridized carbons (Fsp3) is 0.480. The molecule has 0 aliphatic heterocycles. The van der Waals surface area contributed by atoms with Gasteiger partial charge in [0.2, 0.25) is 10.0 Å². The maximum atomic E-state index is 12.5. The summed E-state index contributed by atoms with van der Waals surface area (Å²) in [5.41, 5.74) is 3.51. The van der Waals surface area contributed by atoms with Crippen molar-refractivity contribution in [1.29, 1.82) is 0 Å². The predicted molar refractivity (Wildman–Crippen MR) is 129 cm³/mol. The zero-order valence-electron chi connectivity index (χ0n) is 19.4. The number of nitrogens with one attached hydrogen (secondary N) is 2. The van der Waals surface area contributed by atoms with E-state index in [1.165, 1.54) is 12.0 Å². The minimum absolute atomic E-state index is 0.254. The second kappa shape index (κ2) is 10.4. The van der Waals surface area contributed by atoms with Crippen molar-refractivity contribution in [3.8, 4) is 0 Å². The average Bonchev–Trinajstić information content (AvgIpc) is 2.69. The van der Waals surface area contributed by atoms with Gasteiger partial charge in [0.1, 0.15) is 0 Å². The molecule has 0 aromatic carbocycles. The SMILES string of the molecule is C=C(/C=C\C(=C/C)C1=CCC(C)CC1)NC(=O)C1=CCC(NS(=O)(=O)C(C)(C)C)C=C1. The van der Waals surface area contributed by atoms with Crippen LogP contribution in [0.1, 0.15) is 60.3 Å². The fourth-order valence-corrected chi connectivity index (χ4v) is 4.25. The minimum atomic E-state index is -3.45. The molecule has 0 heterocycles. The third kappa shape index (κ3) is 7.18. The van der Waals surface area contributed by atoms with E-state index < -0.39 is 14.8 Å². The Morgan fingerprint density at radius 1 is 1.19 bits per heavy atom. The normalized spacial score (nSPS) is 22.8. The Hall–Kier alpha value is -2.18. The maximum absolute atomic E-state index is 12.5.